The van der Waals surface area contributed by atoms with Crippen molar-refractivity contribution in [3.63, 3.8) is 0 Å². The molecule has 0 aliphatic carbocycles. The number of hydroxylamine groups is 2. The summed E-state index contributed by atoms with van der Waals surface area (Å²) < 4.78 is 11.8. The fourth-order valence-electron chi connectivity index (χ4n) is 5.19. The van der Waals surface area contributed by atoms with Crippen molar-refractivity contribution in [2.24, 2.45) is 0 Å². The molecule has 0 bridgehead atoms. The maximum Gasteiger partial charge on any atom is 0.265 e. The molecular formula is C27H35N5O5. The van der Waals surface area contributed by atoms with E-state index in [0.717, 1.165) is 60.3 Å². The van der Waals surface area contributed by atoms with Crippen LogP contribution >= 0.6 is 0 Å². The second kappa shape index (κ2) is 10.9. The number of rotatable bonds is 5. The molecular weight excluding hydrogens is 474 g/mol. The van der Waals surface area contributed by atoms with Gasteiger partial charge in [0.2, 0.25) is 5.91 Å². The zero-order valence-electron chi connectivity index (χ0n) is 21.5. The minimum atomic E-state index is -0.599. The molecule has 5 rings (SSSR count). The molecule has 1 atom stereocenters. The molecule has 0 spiro atoms. The number of amides is 2. The van der Waals surface area contributed by atoms with Crippen molar-refractivity contribution >= 4 is 28.9 Å². The summed E-state index contributed by atoms with van der Waals surface area (Å²) in [7, 11) is 1.65. The smallest absolute Gasteiger partial charge is 0.265 e. The first-order valence-electron chi connectivity index (χ1n) is 12.9. The summed E-state index contributed by atoms with van der Waals surface area (Å²) in [5, 5.41) is 14.1. The molecule has 2 aromatic carbocycles. The van der Waals surface area contributed by atoms with Crippen LogP contribution in [0.1, 0.15) is 18.9 Å². The molecule has 1 unspecified atom stereocenters. The van der Waals surface area contributed by atoms with Gasteiger partial charge in [0.15, 0.2) is 6.10 Å². The van der Waals surface area contributed by atoms with Gasteiger partial charge in [-0.05, 0) is 43.2 Å². The van der Waals surface area contributed by atoms with E-state index >= 15 is 0 Å². The Kier molecular flexibility index (Phi) is 7.38. The van der Waals surface area contributed by atoms with Crippen molar-refractivity contribution in [3.05, 3.63) is 42.0 Å². The van der Waals surface area contributed by atoms with Crippen LogP contribution in [0.15, 0.2) is 36.4 Å². The number of methoxy groups -OCH3 is 1. The molecule has 2 fully saturated rings. The number of nitrogens with one attached hydrogen (secondary N) is 1. The number of anilines is 3. The number of fused-ring (bicyclic) bond motifs is 1. The average Bonchev–Trinajstić information content (AvgIpc) is 2.93. The van der Waals surface area contributed by atoms with Crippen LogP contribution < -0.4 is 24.6 Å². The van der Waals surface area contributed by atoms with Gasteiger partial charge in [0.25, 0.3) is 5.91 Å². The molecule has 0 saturated carbocycles. The molecule has 3 aliphatic rings. The molecule has 2 amide bonds. The van der Waals surface area contributed by atoms with E-state index < -0.39 is 6.10 Å². The summed E-state index contributed by atoms with van der Waals surface area (Å²) in [6.07, 6.45) is 0.690. The van der Waals surface area contributed by atoms with Crippen molar-refractivity contribution in [3.8, 4) is 11.5 Å². The topological polar surface area (TPSA) is 97.8 Å². The highest BCUT2D eigenvalue weighted by Gasteiger charge is 2.31. The first kappa shape index (κ1) is 25.2. The fourth-order valence-corrected chi connectivity index (χ4v) is 5.19. The second-order valence-corrected chi connectivity index (χ2v) is 9.75. The van der Waals surface area contributed by atoms with Crippen LogP contribution in [-0.2, 0) is 16.0 Å². The molecule has 2 N–H and O–H groups in total. The van der Waals surface area contributed by atoms with Crippen molar-refractivity contribution in [2.45, 2.75) is 25.9 Å². The van der Waals surface area contributed by atoms with Crippen molar-refractivity contribution in [2.75, 3.05) is 74.6 Å². The molecule has 2 saturated heterocycles. The number of benzene rings is 2. The Bertz CT molecular complexity index is 1120. The van der Waals surface area contributed by atoms with Crippen LogP contribution in [0.5, 0.6) is 11.5 Å². The Morgan fingerprint density at radius 3 is 2.30 bits per heavy atom. The van der Waals surface area contributed by atoms with Gasteiger partial charge in [-0.2, -0.15) is 5.06 Å². The summed E-state index contributed by atoms with van der Waals surface area (Å²) in [5.41, 5.74) is 3.72. The molecule has 0 radical (unpaired) electrons. The number of hydrogen-bond acceptors (Lipinski definition) is 8. The molecule has 3 heterocycles. The third-order valence-electron chi connectivity index (χ3n) is 7.41. The molecule has 3 aliphatic heterocycles. The van der Waals surface area contributed by atoms with Gasteiger partial charge < -0.3 is 34.7 Å². The van der Waals surface area contributed by atoms with Crippen LogP contribution in [0.4, 0.5) is 17.1 Å². The number of aryl methyl sites for hydroxylation is 1. The molecule has 10 nitrogen and oxygen atoms in total. The quantitative estimate of drug-likeness (QED) is 0.633. The zero-order chi connectivity index (χ0) is 25.9. The zero-order valence-corrected chi connectivity index (χ0v) is 21.5. The minimum absolute atomic E-state index is 0.115. The average molecular weight is 510 g/mol. The highest BCUT2D eigenvalue weighted by Crippen LogP contribution is 2.41. The highest BCUT2D eigenvalue weighted by atomic mass is 16.5. The number of carbonyl (C=O) groups excluding carboxylic acids is 2. The van der Waals surface area contributed by atoms with Gasteiger partial charge in [0.05, 0.1) is 12.8 Å². The number of nitrogens with zero attached hydrogens (tertiary/aromatic N) is 4. The number of piperazine rings is 2. The fraction of sp³-hybridized carbons (Fsp3) is 0.481. The lowest BCUT2D eigenvalue weighted by Crippen LogP contribution is -2.48. The Morgan fingerprint density at radius 1 is 0.973 bits per heavy atom. The monoisotopic (exact) mass is 509 g/mol. The summed E-state index contributed by atoms with van der Waals surface area (Å²) in [6, 6.07) is 11.7. The third-order valence-corrected chi connectivity index (χ3v) is 7.41. The number of ether oxygens (including phenoxy) is 2. The predicted octanol–water partition coefficient (Wildman–Crippen LogP) is 2.21. The van der Waals surface area contributed by atoms with E-state index in [2.05, 4.69) is 15.1 Å². The van der Waals surface area contributed by atoms with Crippen molar-refractivity contribution in [1.82, 2.24) is 9.96 Å². The van der Waals surface area contributed by atoms with Crippen molar-refractivity contribution < 1.29 is 24.3 Å². The largest absolute Gasteiger partial charge is 0.497 e. The van der Waals surface area contributed by atoms with Crippen molar-refractivity contribution in [1.29, 1.82) is 0 Å². The van der Waals surface area contributed by atoms with E-state index in [9.17, 15) is 14.8 Å². The summed E-state index contributed by atoms with van der Waals surface area (Å²) in [4.78, 5) is 31.0. The van der Waals surface area contributed by atoms with Gasteiger partial charge in [0, 0.05) is 82.3 Å². The lowest BCUT2D eigenvalue weighted by atomic mass is 9.99. The summed E-state index contributed by atoms with van der Waals surface area (Å²) in [5.74, 6) is 1.42. The second-order valence-electron chi connectivity index (χ2n) is 9.75. The molecule has 10 heteroatoms. The SMILES string of the molecule is COc1cc2c(c(N3CCN(O)CC3)c1)OC(C(=O)Nc1ccc(N3CCN(C(C)=O)CC3)cc1)CC2. The van der Waals surface area contributed by atoms with Crippen LogP contribution in [-0.4, -0.2) is 92.6 Å². The van der Waals surface area contributed by atoms with Gasteiger partial charge in [-0.3, -0.25) is 9.59 Å². The standard InChI is InChI=1S/C27H35N5O5/c1-19(33)29-9-11-30(12-10-29)22-6-4-21(5-7-22)28-27(34)25-8-3-20-17-23(36-2)18-24(26(20)37-25)31-13-15-32(35)16-14-31/h4-7,17-18,25,35H,3,8-16H2,1-2H3,(H,28,34). The van der Waals surface area contributed by atoms with E-state index in [0.29, 0.717) is 39.0 Å². The highest BCUT2D eigenvalue weighted by molar-refractivity contribution is 5.95. The van der Waals surface area contributed by atoms with Crippen LogP contribution in [0.3, 0.4) is 0 Å². The van der Waals surface area contributed by atoms with E-state index in [4.69, 9.17) is 9.47 Å². The Labute approximate surface area is 217 Å². The normalized spacial score (nSPS) is 20.2. The van der Waals surface area contributed by atoms with E-state index in [1.165, 1.54) is 5.06 Å². The van der Waals surface area contributed by atoms with Crippen LogP contribution in [0.2, 0.25) is 0 Å². The Morgan fingerprint density at radius 2 is 1.65 bits per heavy atom. The summed E-state index contributed by atoms with van der Waals surface area (Å²) >= 11 is 0. The van der Waals surface area contributed by atoms with Crippen LogP contribution in [0, 0.1) is 0 Å². The van der Waals surface area contributed by atoms with Gasteiger partial charge in [-0.1, -0.05) is 0 Å². The van der Waals surface area contributed by atoms with E-state index in [1.54, 1.807) is 14.0 Å². The Hall–Kier alpha value is -3.50. The van der Waals surface area contributed by atoms with Gasteiger partial charge >= 0.3 is 0 Å². The van der Waals surface area contributed by atoms with Crippen LogP contribution in [0.25, 0.3) is 0 Å². The predicted molar refractivity (Wildman–Crippen MR) is 141 cm³/mol. The van der Waals surface area contributed by atoms with Gasteiger partial charge in [-0.25, -0.2) is 0 Å². The maximum atomic E-state index is 13.2. The number of carbonyl (C=O) groups is 2. The first-order valence-corrected chi connectivity index (χ1v) is 12.9. The number of hydrogen-bond donors (Lipinski definition) is 2. The van der Waals surface area contributed by atoms with E-state index in [-0.39, 0.29) is 11.8 Å². The molecule has 37 heavy (non-hydrogen) atoms. The summed E-state index contributed by atoms with van der Waals surface area (Å²) in [6.45, 7) is 7.03. The lowest BCUT2D eigenvalue weighted by molar-refractivity contribution is -0.129. The Balaban J connectivity index is 1.24. The molecule has 2 aromatic rings. The third kappa shape index (κ3) is 5.60. The maximum absolute atomic E-state index is 13.2. The first-order chi connectivity index (χ1) is 17.9. The lowest BCUT2D eigenvalue weighted by Gasteiger charge is -2.36. The van der Waals surface area contributed by atoms with E-state index in [1.807, 2.05) is 41.3 Å². The van der Waals surface area contributed by atoms with Gasteiger partial charge in [-0.15, -0.1) is 0 Å². The molecule has 0 aromatic heterocycles. The minimum Gasteiger partial charge on any atom is -0.497 e. The molecule has 198 valence electrons. The van der Waals surface area contributed by atoms with Gasteiger partial charge in [0.1, 0.15) is 11.5 Å².